The van der Waals surface area contributed by atoms with Crippen molar-refractivity contribution in [2.45, 2.75) is 44.4 Å². The molecule has 0 saturated carbocycles. The van der Waals surface area contributed by atoms with Gasteiger partial charge in [-0.15, -0.1) is 0 Å². The summed E-state index contributed by atoms with van der Waals surface area (Å²) in [6.07, 6.45) is 5.84. The molecule has 2 heterocycles. The van der Waals surface area contributed by atoms with Crippen molar-refractivity contribution in [2.24, 2.45) is 5.92 Å². The van der Waals surface area contributed by atoms with Gasteiger partial charge in [0.05, 0.1) is 12.6 Å². The minimum atomic E-state index is -0.380. The number of piperidine rings is 1. The molecule has 2 aliphatic heterocycles. The number of amides is 1. The zero-order valence-corrected chi connectivity index (χ0v) is 12.4. The molecule has 0 radical (unpaired) electrons. The first-order valence-corrected chi connectivity index (χ1v) is 7.90. The summed E-state index contributed by atoms with van der Waals surface area (Å²) in [5, 5.41) is 0. The van der Waals surface area contributed by atoms with Crippen LogP contribution in [0.1, 0.15) is 44.2 Å². The van der Waals surface area contributed by atoms with Crippen LogP contribution < -0.4 is 0 Å². The van der Waals surface area contributed by atoms with Crippen LogP contribution >= 0.6 is 0 Å². The third kappa shape index (κ3) is 1.80. The summed E-state index contributed by atoms with van der Waals surface area (Å²) >= 11 is 0. The maximum Gasteiger partial charge on any atom is 0.225 e. The number of allylic oxidation sites excluding steroid dienone is 1. The SMILES string of the molecule is CC1=CCC[C@@]23OC[C@@H](c4ccccc4)N2C(=O)CC[C@@H]13. The molecule has 1 aromatic rings. The number of hydrogen-bond acceptors (Lipinski definition) is 2. The van der Waals surface area contributed by atoms with Crippen LogP contribution in [-0.2, 0) is 9.53 Å². The molecule has 0 aromatic heterocycles. The molecule has 2 fully saturated rings. The van der Waals surface area contributed by atoms with E-state index in [0.717, 1.165) is 19.3 Å². The zero-order chi connectivity index (χ0) is 14.4. The topological polar surface area (TPSA) is 29.5 Å². The van der Waals surface area contributed by atoms with Crippen molar-refractivity contribution in [3.63, 3.8) is 0 Å². The number of hydrogen-bond donors (Lipinski definition) is 0. The van der Waals surface area contributed by atoms with Gasteiger partial charge in [-0.2, -0.15) is 0 Å². The monoisotopic (exact) mass is 283 g/mol. The van der Waals surface area contributed by atoms with E-state index in [-0.39, 0.29) is 17.7 Å². The van der Waals surface area contributed by atoms with Gasteiger partial charge < -0.3 is 9.64 Å². The quantitative estimate of drug-likeness (QED) is 0.739. The molecule has 3 aliphatic rings. The smallest absolute Gasteiger partial charge is 0.225 e. The van der Waals surface area contributed by atoms with Gasteiger partial charge in [0.1, 0.15) is 0 Å². The summed E-state index contributed by atoms with van der Waals surface area (Å²) in [7, 11) is 0. The lowest BCUT2D eigenvalue weighted by molar-refractivity contribution is -0.174. The minimum absolute atomic E-state index is 0.0763. The van der Waals surface area contributed by atoms with Crippen LogP contribution in [-0.4, -0.2) is 23.1 Å². The molecule has 1 spiro atoms. The van der Waals surface area contributed by atoms with Crippen molar-refractivity contribution < 1.29 is 9.53 Å². The van der Waals surface area contributed by atoms with E-state index in [1.54, 1.807) is 0 Å². The van der Waals surface area contributed by atoms with Gasteiger partial charge in [-0.1, -0.05) is 42.0 Å². The van der Waals surface area contributed by atoms with Crippen LogP contribution in [0.5, 0.6) is 0 Å². The van der Waals surface area contributed by atoms with Gasteiger partial charge in [0.25, 0.3) is 0 Å². The molecule has 0 bridgehead atoms. The molecule has 110 valence electrons. The number of rotatable bonds is 1. The van der Waals surface area contributed by atoms with Crippen LogP contribution in [0.15, 0.2) is 42.0 Å². The fourth-order valence-corrected chi connectivity index (χ4v) is 4.42. The number of carbonyl (C=O) groups is 1. The molecule has 1 amide bonds. The second-order valence-electron chi connectivity index (χ2n) is 6.42. The fourth-order valence-electron chi connectivity index (χ4n) is 4.42. The second kappa shape index (κ2) is 4.70. The van der Waals surface area contributed by atoms with E-state index >= 15 is 0 Å². The van der Waals surface area contributed by atoms with Crippen molar-refractivity contribution in [1.82, 2.24) is 4.90 Å². The first kappa shape index (κ1) is 13.1. The van der Waals surface area contributed by atoms with E-state index in [2.05, 4.69) is 30.0 Å². The van der Waals surface area contributed by atoms with Crippen molar-refractivity contribution >= 4 is 5.91 Å². The predicted molar refractivity (Wildman–Crippen MR) is 80.4 cm³/mol. The number of nitrogens with zero attached hydrogens (tertiary/aromatic N) is 1. The van der Waals surface area contributed by atoms with Gasteiger partial charge in [-0.25, -0.2) is 0 Å². The first-order chi connectivity index (χ1) is 10.2. The van der Waals surface area contributed by atoms with E-state index in [1.165, 1.54) is 11.1 Å². The molecule has 3 atom stereocenters. The van der Waals surface area contributed by atoms with Crippen LogP contribution in [0, 0.1) is 5.92 Å². The highest BCUT2D eigenvalue weighted by molar-refractivity contribution is 5.79. The Kier molecular flexibility index (Phi) is 2.93. The average Bonchev–Trinajstić information content (AvgIpc) is 2.89. The largest absolute Gasteiger partial charge is 0.352 e. The molecule has 21 heavy (non-hydrogen) atoms. The van der Waals surface area contributed by atoms with Crippen LogP contribution in [0.4, 0.5) is 0 Å². The Bertz CT molecular complexity index is 594. The van der Waals surface area contributed by atoms with E-state index in [9.17, 15) is 4.79 Å². The van der Waals surface area contributed by atoms with Gasteiger partial charge in [0.2, 0.25) is 5.91 Å². The van der Waals surface area contributed by atoms with Crippen molar-refractivity contribution in [1.29, 1.82) is 0 Å². The van der Waals surface area contributed by atoms with Gasteiger partial charge in [0.15, 0.2) is 5.72 Å². The minimum Gasteiger partial charge on any atom is -0.352 e. The summed E-state index contributed by atoms with van der Waals surface area (Å²) < 4.78 is 6.32. The lowest BCUT2D eigenvalue weighted by atomic mass is 9.74. The number of carbonyl (C=O) groups excluding carboxylic acids is 1. The van der Waals surface area contributed by atoms with Crippen LogP contribution in [0.3, 0.4) is 0 Å². The Morgan fingerprint density at radius 3 is 2.90 bits per heavy atom. The summed E-state index contributed by atoms with van der Waals surface area (Å²) in [6.45, 7) is 2.82. The molecule has 1 aromatic carbocycles. The molecule has 0 N–H and O–H groups in total. The van der Waals surface area contributed by atoms with Gasteiger partial charge in [-0.05, 0) is 31.7 Å². The van der Waals surface area contributed by atoms with Gasteiger partial charge in [0, 0.05) is 12.3 Å². The maximum atomic E-state index is 12.6. The summed E-state index contributed by atoms with van der Waals surface area (Å²) in [4.78, 5) is 14.7. The predicted octanol–water partition coefficient (Wildman–Crippen LogP) is 3.43. The van der Waals surface area contributed by atoms with E-state index in [1.807, 2.05) is 18.2 Å². The highest BCUT2D eigenvalue weighted by Gasteiger charge is 2.58. The molecule has 4 rings (SSSR count). The standard InChI is InChI=1S/C18H21NO2/c1-13-6-5-11-18-15(13)9-10-17(20)19(18)16(12-21-18)14-7-3-2-4-8-14/h2-4,6-8,15-16H,5,9-12H2,1H3/t15-,16-,18-/m0/s1. The molecule has 0 unspecified atom stereocenters. The van der Waals surface area contributed by atoms with Crippen molar-refractivity contribution in [3.8, 4) is 0 Å². The van der Waals surface area contributed by atoms with Gasteiger partial charge >= 0.3 is 0 Å². The lowest BCUT2D eigenvalue weighted by Crippen LogP contribution is -2.58. The molecule has 3 heteroatoms. The highest BCUT2D eigenvalue weighted by Crippen LogP contribution is 2.52. The Labute approximate surface area is 125 Å². The normalized spacial score (nSPS) is 35.2. The number of ether oxygens (including phenoxy) is 1. The fraction of sp³-hybridized carbons (Fsp3) is 0.500. The van der Waals surface area contributed by atoms with Gasteiger partial charge in [-0.3, -0.25) is 4.79 Å². The average molecular weight is 283 g/mol. The number of benzene rings is 1. The molecule has 1 aliphatic carbocycles. The molecule has 3 nitrogen and oxygen atoms in total. The summed E-state index contributed by atoms with van der Waals surface area (Å²) in [6, 6.07) is 10.4. The Hall–Kier alpha value is -1.61. The summed E-state index contributed by atoms with van der Waals surface area (Å²) in [5.41, 5.74) is 2.21. The highest BCUT2D eigenvalue weighted by atomic mass is 16.5. The Balaban J connectivity index is 1.77. The third-order valence-corrected chi connectivity index (χ3v) is 5.37. The van der Waals surface area contributed by atoms with E-state index in [4.69, 9.17) is 4.74 Å². The Morgan fingerprint density at radius 1 is 1.29 bits per heavy atom. The third-order valence-electron chi connectivity index (χ3n) is 5.37. The maximum absolute atomic E-state index is 12.6. The van der Waals surface area contributed by atoms with E-state index < -0.39 is 0 Å². The van der Waals surface area contributed by atoms with Crippen molar-refractivity contribution in [2.75, 3.05) is 6.61 Å². The van der Waals surface area contributed by atoms with E-state index in [0.29, 0.717) is 18.9 Å². The second-order valence-corrected chi connectivity index (χ2v) is 6.42. The molecular weight excluding hydrogens is 262 g/mol. The summed E-state index contributed by atoms with van der Waals surface area (Å²) in [5.74, 6) is 0.630. The van der Waals surface area contributed by atoms with Crippen LogP contribution in [0.25, 0.3) is 0 Å². The van der Waals surface area contributed by atoms with Crippen LogP contribution in [0.2, 0.25) is 0 Å². The van der Waals surface area contributed by atoms with Crippen molar-refractivity contribution in [3.05, 3.63) is 47.5 Å². The molecular formula is C18H21NO2. The first-order valence-electron chi connectivity index (χ1n) is 7.90. The Morgan fingerprint density at radius 2 is 2.10 bits per heavy atom. The lowest BCUT2D eigenvalue weighted by Gasteiger charge is -2.50. The zero-order valence-electron chi connectivity index (χ0n) is 12.4. The molecule has 2 saturated heterocycles.